The van der Waals surface area contributed by atoms with Crippen LogP contribution in [0.15, 0.2) is 24.3 Å². The average molecular weight is 355 g/mol. The van der Waals surface area contributed by atoms with Crippen LogP contribution in [-0.2, 0) is 4.79 Å². The topological polar surface area (TPSA) is 20.3 Å². The number of fused-ring (bicyclic) bond motifs is 3. The molecule has 3 aliphatic heterocycles. The SMILES string of the molecule is CC(c1ccc(I)cc1)C1C(=O)C2CCN1CC2. The van der Waals surface area contributed by atoms with Crippen LogP contribution in [0.2, 0.25) is 0 Å². The Morgan fingerprint density at radius 1 is 1.22 bits per heavy atom. The number of hydrogen-bond acceptors (Lipinski definition) is 2. The summed E-state index contributed by atoms with van der Waals surface area (Å²) < 4.78 is 1.25. The van der Waals surface area contributed by atoms with Crippen LogP contribution in [0.5, 0.6) is 0 Å². The van der Waals surface area contributed by atoms with E-state index in [1.54, 1.807) is 0 Å². The molecule has 2 atom stereocenters. The maximum Gasteiger partial charge on any atom is 0.153 e. The van der Waals surface area contributed by atoms with Gasteiger partial charge < -0.3 is 0 Å². The first-order valence-electron chi connectivity index (χ1n) is 6.70. The fraction of sp³-hybridized carbons (Fsp3) is 0.533. The van der Waals surface area contributed by atoms with Gasteiger partial charge in [0.25, 0.3) is 0 Å². The minimum absolute atomic E-state index is 0.123. The smallest absolute Gasteiger partial charge is 0.153 e. The fourth-order valence-electron chi connectivity index (χ4n) is 3.39. The summed E-state index contributed by atoms with van der Waals surface area (Å²) in [5.41, 5.74) is 1.29. The van der Waals surface area contributed by atoms with Crippen LogP contribution >= 0.6 is 22.6 Å². The molecule has 3 fully saturated rings. The van der Waals surface area contributed by atoms with Crippen molar-refractivity contribution in [3.63, 3.8) is 0 Å². The highest BCUT2D eigenvalue weighted by atomic mass is 127. The van der Waals surface area contributed by atoms with Gasteiger partial charge in [0.2, 0.25) is 0 Å². The molecule has 0 N–H and O–H groups in total. The summed E-state index contributed by atoms with van der Waals surface area (Å²) in [5, 5.41) is 0. The fourth-order valence-corrected chi connectivity index (χ4v) is 3.75. The molecule has 0 radical (unpaired) electrons. The van der Waals surface area contributed by atoms with E-state index < -0.39 is 0 Å². The minimum atomic E-state index is 0.123. The van der Waals surface area contributed by atoms with Crippen molar-refractivity contribution in [2.75, 3.05) is 13.1 Å². The Hall–Kier alpha value is -0.420. The van der Waals surface area contributed by atoms with Crippen molar-refractivity contribution in [3.8, 4) is 0 Å². The molecular weight excluding hydrogens is 337 g/mol. The molecule has 3 aliphatic rings. The van der Waals surface area contributed by atoms with Gasteiger partial charge in [0, 0.05) is 15.4 Å². The molecule has 3 heteroatoms. The highest BCUT2D eigenvalue weighted by Gasteiger charge is 2.43. The zero-order valence-corrected chi connectivity index (χ0v) is 12.8. The lowest BCUT2D eigenvalue weighted by molar-refractivity contribution is -0.137. The van der Waals surface area contributed by atoms with E-state index in [4.69, 9.17) is 0 Å². The van der Waals surface area contributed by atoms with Crippen molar-refractivity contribution < 1.29 is 4.79 Å². The third-order valence-electron chi connectivity index (χ3n) is 4.49. The van der Waals surface area contributed by atoms with Crippen molar-refractivity contribution in [1.82, 2.24) is 4.90 Å². The van der Waals surface area contributed by atoms with Crippen LogP contribution in [0, 0.1) is 9.49 Å². The number of halogens is 1. The van der Waals surface area contributed by atoms with Gasteiger partial charge in [-0.2, -0.15) is 0 Å². The molecule has 0 aliphatic carbocycles. The van der Waals surface area contributed by atoms with E-state index in [1.807, 2.05) is 0 Å². The zero-order valence-electron chi connectivity index (χ0n) is 10.6. The molecule has 1 aromatic rings. The molecule has 2 nitrogen and oxygen atoms in total. The van der Waals surface area contributed by atoms with Crippen LogP contribution in [0.1, 0.15) is 31.2 Å². The summed E-state index contributed by atoms with van der Waals surface area (Å²) >= 11 is 2.32. The van der Waals surface area contributed by atoms with E-state index >= 15 is 0 Å². The molecule has 3 heterocycles. The van der Waals surface area contributed by atoms with Crippen LogP contribution < -0.4 is 0 Å². The largest absolute Gasteiger partial charge is 0.298 e. The number of nitrogens with zero attached hydrogens (tertiary/aromatic N) is 1. The van der Waals surface area contributed by atoms with E-state index in [1.165, 1.54) is 9.13 Å². The quantitative estimate of drug-likeness (QED) is 0.760. The number of ketones is 1. The number of carbonyl (C=O) groups excluding carboxylic acids is 1. The molecule has 4 rings (SSSR count). The van der Waals surface area contributed by atoms with Gasteiger partial charge in [0.15, 0.2) is 5.78 Å². The highest BCUT2D eigenvalue weighted by molar-refractivity contribution is 14.1. The zero-order chi connectivity index (χ0) is 12.7. The summed E-state index contributed by atoms with van der Waals surface area (Å²) in [6.07, 6.45) is 2.16. The first kappa shape index (κ1) is 12.6. The summed E-state index contributed by atoms with van der Waals surface area (Å²) in [5.74, 6) is 1.14. The van der Waals surface area contributed by atoms with Crippen molar-refractivity contribution in [1.29, 1.82) is 0 Å². The van der Waals surface area contributed by atoms with Crippen molar-refractivity contribution in [2.24, 2.45) is 5.92 Å². The van der Waals surface area contributed by atoms with Crippen LogP contribution in [-0.4, -0.2) is 29.8 Å². The molecule has 3 saturated heterocycles. The monoisotopic (exact) mass is 355 g/mol. The number of hydrogen-bond donors (Lipinski definition) is 0. The normalized spacial score (nSPS) is 32.6. The molecule has 0 amide bonds. The van der Waals surface area contributed by atoms with Gasteiger partial charge in [-0.05, 0) is 66.2 Å². The van der Waals surface area contributed by atoms with Gasteiger partial charge >= 0.3 is 0 Å². The van der Waals surface area contributed by atoms with Gasteiger partial charge in [-0.25, -0.2) is 0 Å². The molecule has 0 spiro atoms. The van der Waals surface area contributed by atoms with Gasteiger partial charge in [0.1, 0.15) is 0 Å². The average Bonchev–Trinajstić information content (AvgIpc) is 2.40. The van der Waals surface area contributed by atoms with Crippen LogP contribution in [0.3, 0.4) is 0 Å². The number of carbonyl (C=O) groups is 1. The van der Waals surface area contributed by atoms with Crippen molar-refractivity contribution >= 4 is 28.4 Å². The van der Waals surface area contributed by atoms with Crippen molar-refractivity contribution in [2.45, 2.75) is 31.7 Å². The predicted molar refractivity (Wildman–Crippen MR) is 80.7 cm³/mol. The highest BCUT2D eigenvalue weighted by Crippen LogP contribution is 2.36. The Bertz CT molecular complexity index is 448. The Morgan fingerprint density at radius 3 is 2.39 bits per heavy atom. The molecule has 96 valence electrons. The number of piperidine rings is 3. The summed E-state index contributed by atoms with van der Waals surface area (Å²) in [6, 6.07) is 8.73. The Labute approximate surface area is 122 Å². The second kappa shape index (κ2) is 4.93. The maximum atomic E-state index is 12.4. The molecule has 18 heavy (non-hydrogen) atoms. The summed E-state index contributed by atoms with van der Waals surface area (Å²) in [4.78, 5) is 14.8. The lowest BCUT2D eigenvalue weighted by atomic mass is 9.76. The third kappa shape index (κ3) is 2.11. The van der Waals surface area contributed by atoms with Crippen LogP contribution in [0.25, 0.3) is 0 Å². The number of rotatable bonds is 2. The van der Waals surface area contributed by atoms with Crippen molar-refractivity contribution in [3.05, 3.63) is 33.4 Å². The number of Topliss-reactive ketones (excluding diaryl/α,β-unsaturated/α-hetero) is 1. The van der Waals surface area contributed by atoms with E-state index in [2.05, 4.69) is 58.7 Å². The first-order chi connectivity index (χ1) is 8.66. The molecular formula is C15H18INO. The molecule has 2 bridgehead atoms. The summed E-state index contributed by atoms with van der Waals surface area (Å²) in [7, 11) is 0. The van der Waals surface area contributed by atoms with Crippen LogP contribution in [0.4, 0.5) is 0 Å². The lowest BCUT2D eigenvalue weighted by Crippen LogP contribution is -2.57. The second-order valence-corrected chi connectivity index (χ2v) is 6.74. The molecule has 0 saturated carbocycles. The first-order valence-corrected chi connectivity index (χ1v) is 7.78. The summed E-state index contributed by atoms with van der Waals surface area (Å²) in [6.45, 7) is 4.41. The van der Waals surface area contributed by atoms with E-state index in [0.717, 1.165) is 25.9 Å². The molecule has 1 aromatic carbocycles. The van der Waals surface area contributed by atoms with Gasteiger partial charge in [-0.1, -0.05) is 19.1 Å². The Morgan fingerprint density at radius 2 is 1.83 bits per heavy atom. The standard InChI is InChI=1S/C15H18INO/c1-10(11-2-4-13(16)5-3-11)14-15(18)12-6-8-17(14)9-7-12/h2-5,10,12,14H,6-9H2,1H3. The Kier molecular flexibility index (Phi) is 3.45. The lowest BCUT2D eigenvalue weighted by Gasteiger charge is -2.46. The maximum absolute atomic E-state index is 12.4. The van der Waals surface area contributed by atoms with E-state index in [9.17, 15) is 4.79 Å². The minimum Gasteiger partial charge on any atom is -0.298 e. The van der Waals surface area contributed by atoms with Gasteiger partial charge in [-0.15, -0.1) is 0 Å². The molecule has 2 unspecified atom stereocenters. The van der Waals surface area contributed by atoms with E-state index in [-0.39, 0.29) is 6.04 Å². The number of benzene rings is 1. The second-order valence-electron chi connectivity index (χ2n) is 5.50. The molecule has 0 aromatic heterocycles. The van der Waals surface area contributed by atoms with E-state index in [0.29, 0.717) is 17.6 Å². The van der Waals surface area contributed by atoms with Gasteiger partial charge in [-0.3, -0.25) is 9.69 Å². The van der Waals surface area contributed by atoms with Gasteiger partial charge in [0.05, 0.1) is 6.04 Å². The Balaban J connectivity index is 1.85. The third-order valence-corrected chi connectivity index (χ3v) is 5.21. The predicted octanol–water partition coefficient (Wildman–Crippen LogP) is 3.06.